The quantitative estimate of drug-likeness (QED) is 0.781. The van der Waals surface area contributed by atoms with Crippen LogP contribution in [0.15, 0.2) is 42.7 Å². The summed E-state index contributed by atoms with van der Waals surface area (Å²) in [5.41, 5.74) is 1.23. The molecule has 5 nitrogen and oxygen atoms in total. The molecule has 0 aromatic carbocycles. The van der Waals surface area contributed by atoms with Crippen molar-refractivity contribution in [3.8, 4) is 0 Å². The molecule has 2 fully saturated rings. The first kappa shape index (κ1) is 16.8. The van der Waals surface area contributed by atoms with E-state index < -0.39 is 5.95 Å². The average Bonchev–Trinajstić information content (AvgIpc) is 3.12. The highest BCUT2D eigenvalue weighted by Crippen LogP contribution is 2.38. The summed E-state index contributed by atoms with van der Waals surface area (Å²) in [4.78, 5) is 12.7. The molecule has 0 aliphatic carbocycles. The maximum absolute atomic E-state index is 13.3. The highest BCUT2D eigenvalue weighted by atomic mass is 32.2. The van der Waals surface area contributed by atoms with Gasteiger partial charge in [-0.05, 0) is 18.2 Å². The molecule has 4 rings (SSSR count). The molecule has 2 aliphatic rings. The Balaban J connectivity index is 1.27. The molecule has 0 saturated carbocycles. The summed E-state index contributed by atoms with van der Waals surface area (Å²) < 4.78 is 19.5. The number of thioether (sulfide) groups is 1. The van der Waals surface area contributed by atoms with Crippen LogP contribution in [0, 0.1) is 5.95 Å². The molecule has 2 aromatic rings. The van der Waals surface area contributed by atoms with Crippen LogP contribution in [0.5, 0.6) is 0 Å². The summed E-state index contributed by atoms with van der Waals surface area (Å²) in [7, 11) is 0. The third-order valence-electron chi connectivity index (χ3n) is 4.56. The lowest BCUT2D eigenvalue weighted by Crippen LogP contribution is -2.49. The fraction of sp³-hybridized carbons (Fsp3) is 0.444. The second kappa shape index (κ2) is 7.68. The maximum atomic E-state index is 13.3. The van der Waals surface area contributed by atoms with Crippen LogP contribution in [0.4, 0.5) is 10.2 Å². The second-order valence-electron chi connectivity index (χ2n) is 6.32. The molecule has 0 spiro atoms. The number of pyridine rings is 2. The van der Waals surface area contributed by atoms with Crippen LogP contribution >= 0.6 is 11.8 Å². The lowest BCUT2D eigenvalue weighted by molar-refractivity contribution is 0.0376. The van der Waals surface area contributed by atoms with E-state index in [2.05, 4.69) is 25.8 Å². The first-order valence-electron chi connectivity index (χ1n) is 8.55. The summed E-state index contributed by atoms with van der Waals surface area (Å²) in [5, 5.41) is 0. The van der Waals surface area contributed by atoms with Crippen LogP contribution < -0.4 is 4.90 Å². The fourth-order valence-corrected chi connectivity index (χ4v) is 4.40. The Hall–Kier alpha value is -1.70. The van der Waals surface area contributed by atoms with Gasteiger partial charge in [-0.25, -0.2) is 4.98 Å². The molecule has 2 aliphatic heterocycles. The van der Waals surface area contributed by atoms with Crippen molar-refractivity contribution in [3.63, 3.8) is 0 Å². The van der Waals surface area contributed by atoms with Crippen molar-refractivity contribution in [1.29, 1.82) is 0 Å². The SMILES string of the molecule is Fc1cccc(N2CCN(CC3CSC(c4cccnc4)O3)CC2)n1. The van der Waals surface area contributed by atoms with E-state index in [0.29, 0.717) is 0 Å². The first-order chi connectivity index (χ1) is 12.3. The predicted octanol–water partition coefficient (Wildman–Crippen LogP) is 2.57. The fourth-order valence-electron chi connectivity index (χ4n) is 3.26. The molecule has 132 valence electrons. The lowest BCUT2D eigenvalue weighted by atomic mass is 10.2. The van der Waals surface area contributed by atoms with E-state index in [1.54, 1.807) is 12.3 Å². The zero-order valence-electron chi connectivity index (χ0n) is 13.9. The van der Waals surface area contributed by atoms with Crippen LogP contribution in [0.1, 0.15) is 11.0 Å². The number of nitrogens with zero attached hydrogens (tertiary/aromatic N) is 4. The van der Waals surface area contributed by atoms with Gasteiger partial charge in [0.2, 0.25) is 5.95 Å². The molecule has 0 N–H and O–H groups in total. The van der Waals surface area contributed by atoms with Gasteiger partial charge >= 0.3 is 0 Å². The molecule has 2 atom stereocenters. The Labute approximate surface area is 151 Å². The Morgan fingerprint density at radius 3 is 2.80 bits per heavy atom. The Morgan fingerprint density at radius 1 is 1.16 bits per heavy atom. The van der Waals surface area contributed by atoms with E-state index in [1.165, 1.54) is 6.07 Å². The van der Waals surface area contributed by atoms with Gasteiger partial charge in [-0.2, -0.15) is 4.39 Å². The van der Waals surface area contributed by atoms with Crippen LogP contribution in [-0.4, -0.2) is 59.4 Å². The smallest absolute Gasteiger partial charge is 0.214 e. The van der Waals surface area contributed by atoms with E-state index >= 15 is 0 Å². The number of ether oxygens (including phenoxy) is 1. The monoisotopic (exact) mass is 360 g/mol. The summed E-state index contributed by atoms with van der Waals surface area (Å²) in [5.74, 6) is 1.31. The first-order valence-corrected chi connectivity index (χ1v) is 9.60. The van der Waals surface area contributed by atoms with Gasteiger partial charge in [-0.1, -0.05) is 12.1 Å². The zero-order chi connectivity index (χ0) is 17.1. The summed E-state index contributed by atoms with van der Waals surface area (Å²) >= 11 is 1.84. The largest absolute Gasteiger partial charge is 0.357 e. The summed E-state index contributed by atoms with van der Waals surface area (Å²) in [6.45, 7) is 4.55. The van der Waals surface area contributed by atoms with Crippen molar-refractivity contribution in [1.82, 2.24) is 14.9 Å². The molecule has 2 aromatic heterocycles. The molecule has 2 saturated heterocycles. The van der Waals surface area contributed by atoms with Gasteiger partial charge in [-0.3, -0.25) is 9.88 Å². The second-order valence-corrected chi connectivity index (χ2v) is 7.41. The van der Waals surface area contributed by atoms with E-state index in [9.17, 15) is 4.39 Å². The van der Waals surface area contributed by atoms with Gasteiger partial charge in [0.15, 0.2) is 0 Å². The minimum absolute atomic E-state index is 0.0940. The number of rotatable bonds is 4. The van der Waals surface area contributed by atoms with Gasteiger partial charge in [0, 0.05) is 56.4 Å². The van der Waals surface area contributed by atoms with Gasteiger partial charge in [-0.15, -0.1) is 11.8 Å². The molecule has 25 heavy (non-hydrogen) atoms. The Bertz CT molecular complexity index is 696. The lowest BCUT2D eigenvalue weighted by Gasteiger charge is -2.36. The van der Waals surface area contributed by atoms with Crippen molar-refractivity contribution in [2.75, 3.05) is 43.4 Å². The van der Waals surface area contributed by atoms with E-state index in [1.807, 2.05) is 30.1 Å². The van der Waals surface area contributed by atoms with Crippen molar-refractivity contribution < 1.29 is 9.13 Å². The van der Waals surface area contributed by atoms with Crippen LogP contribution in [0.3, 0.4) is 0 Å². The standard InChI is InChI=1S/C18H21FN4OS/c19-16-4-1-5-17(21-16)23-9-7-22(8-10-23)12-15-13-25-18(24-15)14-3-2-6-20-11-14/h1-6,11,15,18H,7-10,12-13H2. The summed E-state index contributed by atoms with van der Waals surface area (Å²) in [6.07, 6.45) is 3.91. The van der Waals surface area contributed by atoms with E-state index in [0.717, 1.165) is 49.9 Å². The maximum Gasteiger partial charge on any atom is 0.214 e. The van der Waals surface area contributed by atoms with Crippen molar-refractivity contribution in [3.05, 3.63) is 54.2 Å². The summed E-state index contributed by atoms with van der Waals surface area (Å²) in [6, 6.07) is 8.98. The van der Waals surface area contributed by atoms with Gasteiger partial charge in [0.05, 0.1) is 6.10 Å². The normalized spacial score (nSPS) is 24.6. The minimum Gasteiger partial charge on any atom is -0.357 e. The van der Waals surface area contributed by atoms with Crippen LogP contribution in [-0.2, 0) is 4.74 Å². The molecule has 0 radical (unpaired) electrons. The molecular weight excluding hydrogens is 339 g/mol. The molecule has 2 unspecified atom stereocenters. The average molecular weight is 360 g/mol. The minimum atomic E-state index is -0.419. The van der Waals surface area contributed by atoms with E-state index in [-0.39, 0.29) is 11.5 Å². The number of anilines is 1. The topological polar surface area (TPSA) is 41.5 Å². The number of halogens is 1. The Kier molecular flexibility index (Phi) is 5.14. The molecular formula is C18H21FN4OS. The number of piperazine rings is 1. The third kappa shape index (κ3) is 4.11. The Morgan fingerprint density at radius 2 is 2.04 bits per heavy atom. The highest BCUT2D eigenvalue weighted by molar-refractivity contribution is 7.99. The van der Waals surface area contributed by atoms with Gasteiger partial charge in [0.25, 0.3) is 0 Å². The van der Waals surface area contributed by atoms with Crippen molar-refractivity contribution in [2.45, 2.75) is 11.5 Å². The van der Waals surface area contributed by atoms with Crippen LogP contribution in [0.25, 0.3) is 0 Å². The number of hydrogen-bond donors (Lipinski definition) is 0. The third-order valence-corrected chi connectivity index (χ3v) is 5.81. The highest BCUT2D eigenvalue weighted by Gasteiger charge is 2.30. The molecule has 0 bridgehead atoms. The van der Waals surface area contributed by atoms with Crippen molar-refractivity contribution in [2.24, 2.45) is 0 Å². The van der Waals surface area contributed by atoms with Crippen LogP contribution in [0.2, 0.25) is 0 Å². The zero-order valence-corrected chi connectivity index (χ0v) is 14.7. The number of aromatic nitrogens is 2. The number of hydrogen-bond acceptors (Lipinski definition) is 6. The van der Waals surface area contributed by atoms with E-state index in [4.69, 9.17) is 4.74 Å². The molecule has 0 amide bonds. The molecule has 4 heterocycles. The molecule has 7 heteroatoms. The van der Waals surface area contributed by atoms with Gasteiger partial charge < -0.3 is 9.64 Å². The predicted molar refractivity (Wildman–Crippen MR) is 97.2 cm³/mol. The van der Waals surface area contributed by atoms with Gasteiger partial charge in [0.1, 0.15) is 11.3 Å². The van der Waals surface area contributed by atoms with Crippen molar-refractivity contribution >= 4 is 17.6 Å².